The molecular formula is C31H27N5O3. The Morgan fingerprint density at radius 1 is 0.923 bits per heavy atom. The number of nitrogens with one attached hydrogen (secondary N) is 1. The van der Waals surface area contributed by atoms with Crippen molar-refractivity contribution in [1.82, 2.24) is 19.2 Å². The molecule has 194 valence electrons. The number of para-hydroxylation sites is 1. The highest BCUT2D eigenvalue weighted by Crippen LogP contribution is 2.39. The fourth-order valence-corrected chi connectivity index (χ4v) is 5.42. The molecule has 0 unspecified atom stereocenters. The van der Waals surface area contributed by atoms with Crippen LogP contribution in [0.2, 0.25) is 0 Å². The summed E-state index contributed by atoms with van der Waals surface area (Å²) in [5.41, 5.74) is 6.65. The van der Waals surface area contributed by atoms with E-state index < -0.39 is 0 Å². The van der Waals surface area contributed by atoms with Gasteiger partial charge in [-0.3, -0.25) is 0 Å². The van der Waals surface area contributed by atoms with Crippen molar-refractivity contribution >= 4 is 11.7 Å². The van der Waals surface area contributed by atoms with Crippen molar-refractivity contribution in [2.45, 2.75) is 26.4 Å². The predicted molar refractivity (Wildman–Crippen MR) is 148 cm³/mol. The standard InChI is InChI=1S/C31H27N5O3/c1-20-10-12-22(13-11-20)29-26-9-6-16-34(26)30-25(21(2)33-36(30)24-7-4-3-5-8-24)18-35(29)31(37)32-23-14-15-27-28(17-23)39-19-38-27/h3-17,29H,18-19H2,1-2H3,(H,32,37)/t29-/m1/s1. The number of carbonyl (C=O) groups excluding carboxylic acids is 1. The zero-order valence-electron chi connectivity index (χ0n) is 21.7. The van der Waals surface area contributed by atoms with E-state index in [4.69, 9.17) is 14.6 Å². The van der Waals surface area contributed by atoms with E-state index in [0.29, 0.717) is 23.7 Å². The molecule has 5 aromatic rings. The first kappa shape index (κ1) is 23.2. The van der Waals surface area contributed by atoms with Gasteiger partial charge in [0, 0.05) is 23.5 Å². The Morgan fingerprint density at radius 3 is 2.54 bits per heavy atom. The summed E-state index contributed by atoms with van der Waals surface area (Å²) in [5, 5.41) is 8.02. The van der Waals surface area contributed by atoms with Gasteiger partial charge in [-0.05, 0) is 55.8 Å². The number of urea groups is 1. The SMILES string of the molecule is Cc1ccc([C@@H]2c3cccn3-c3c(c(C)nn3-c3ccccc3)CN2C(=O)Nc2ccc3c(c2)OCO3)cc1. The van der Waals surface area contributed by atoms with Crippen molar-refractivity contribution in [2.75, 3.05) is 12.1 Å². The van der Waals surface area contributed by atoms with Crippen LogP contribution in [0.25, 0.3) is 11.5 Å². The molecule has 0 bridgehead atoms. The van der Waals surface area contributed by atoms with Gasteiger partial charge in [0.2, 0.25) is 6.79 Å². The van der Waals surface area contributed by atoms with Gasteiger partial charge in [-0.2, -0.15) is 5.10 Å². The van der Waals surface area contributed by atoms with E-state index >= 15 is 0 Å². The highest BCUT2D eigenvalue weighted by atomic mass is 16.7. The van der Waals surface area contributed by atoms with Crippen LogP contribution in [0, 0.1) is 13.8 Å². The van der Waals surface area contributed by atoms with E-state index in [1.165, 1.54) is 0 Å². The highest BCUT2D eigenvalue weighted by molar-refractivity contribution is 5.90. The largest absolute Gasteiger partial charge is 0.454 e. The fraction of sp³-hybridized carbons (Fsp3) is 0.161. The normalized spacial score (nSPS) is 15.4. The maximum absolute atomic E-state index is 14.1. The average Bonchev–Trinajstić information content (AvgIpc) is 3.67. The van der Waals surface area contributed by atoms with Crippen LogP contribution >= 0.6 is 0 Å². The second kappa shape index (κ2) is 9.09. The Kier molecular flexibility index (Phi) is 5.40. The first-order valence-corrected chi connectivity index (χ1v) is 12.9. The van der Waals surface area contributed by atoms with Crippen LogP contribution in [0.5, 0.6) is 11.5 Å². The second-order valence-electron chi connectivity index (χ2n) is 9.88. The smallest absolute Gasteiger partial charge is 0.322 e. The van der Waals surface area contributed by atoms with Crippen LogP contribution in [0.4, 0.5) is 10.5 Å². The third-order valence-electron chi connectivity index (χ3n) is 7.36. The Hall–Kier alpha value is -4.98. The molecule has 0 radical (unpaired) electrons. The van der Waals surface area contributed by atoms with Gasteiger partial charge in [0.05, 0.1) is 29.7 Å². The van der Waals surface area contributed by atoms with Gasteiger partial charge >= 0.3 is 6.03 Å². The van der Waals surface area contributed by atoms with E-state index in [0.717, 1.165) is 39.6 Å². The molecular weight excluding hydrogens is 490 g/mol. The van der Waals surface area contributed by atoms with Crippen molar-refractivity contribution in [1.29, 1.82) is 0 Å². The van der Waals surface area contributed by atoms with Crippen molar-refractivity contribution in [3.63, 3.8) is 0 Å². The molecule has 1 N–H and O–H groups in total. The summed E-state index contributed by atoms with van der Waals surface area (Å²) in [7, 11) is 0. The first-order valence-electron chi connectivity index (χ1n) is 12.9. The van der Waals surface area contributed by atoms with Gasteiger partial charge in [0.15, 0.2) is 11.5 Å². The van der Waals surface area contributed by atoms with Crippen LogP contribution in [0.1, 0.15) is 34.1 Å². The molecule has 0 saturated heterocycles. The summed E-state index contributed by atoms with van der Waals surface area (Å²) < 4.78 is 15.1. The van der Waals surface area contributed by atoms with Gasteiger partial charge in [0.1, 0.15) is 5.82 Å². The molecule has 0 fully saturated rings. The van der Waals surface area contributed by atoms with E-state index in [1.54, 1.807) is 6.07 Å². The second-order valence-corrected chi connectivity index (χ2v) is 9.88. The van der Waals surface area contributed by atoms with Crippen molar-refractivity contribution < 1.29 is 14.3 Å². The summed E-state index contributed by atoms with van der Waals surface area (Å²) >= 11 is 0. The van der Waals surface area contributed by atoms with E-state index in [-0.39, 0.29) is 18.9 Å². The van der Waals surface area contributed by atoms with Crippen molar-refractivity contribution in [3.8, 4) is 23.0 Å². The van der Waals surface area contributed by atoms with E-state index in [1.807, 2.05) is 65.0 Å². The quantitative estimate of drug-likeness (QED) is 0.312. The number of carbonyl (C=O) groups is 1. The number of amides is 2. The number of hydrogen-bond acceptors (Lipinski definition) is 4. The minimum Gasteiger partial charge on any atom is -0.454 e. The Bertz CT molecular complexity index is 1690. The number of fused-ring (bicyclic) bond motifs is 4. The van der Waals surface area contributed by atoms with Crippen LogP contribution in [0.3, 0.4) is 0 Å². The molecule has 0 aliphatic carbocycles. The number of rotatable bonds is 3. The van der Waals surface area contributed by atoms with Gasteiger partial charge in [-0.1, -0.05) is 48.0 Å². The molecule has 3 aromatic carbocycles. The van der Waals surface area contributed by atoms with Crippen LogP contribution in [0.15, 0.2) is 91.1 Å². The Balaban J connectivity index is 1.37. The summed E-state index contributed by atoms with van der Waals surface area (Å²) in [6.07, 6.45) is 2.05. The number of ether oxygens (including phenoxy) is 2. The lowest BCUT2D eigenvalue weighted by molar-refractivity contribution is 0.174. The number of aryl methyl sites for hydroxylation is 2. The maximum Gasteiger partial charge on any atom is 0.322 e. The fourth-order valence-electron chi connectivity index (χ4n) is 5.42. The Labute approximate surface area is 226 Å². The molecule has 2 amide bonds. The van der Waals surface area contributed by atoms with Gasteiger partial charge < -0.3 is 24.3 Å². The number of aromatic nitrogens is 3. The average molecular weight is 518 g/mol. The van der Waals surface area contributed by atoms with Crippen molar-refractivity contribution in [3.05, 3.63) is 119 Å². The maximum atomic E-state index is 14.1. The minimum absolute atomic E-state index is 0.179. The molecule has 8 heteroatoms. The van der Waals surface area contributed by atoms with Gasteiger partial charge in [0.25, 0.3) is 0 Å². The molecule has 2 aromatic heterocycles. The lowest BCUT2D eigenvalue weighted by atomic mass is 10.0. The Morgan fingerprint density at radius 2 is 1.72 bits per heavy atom. The monoisotopic (exact) mass is 517 g/mol. The predicted octanol–water partition coefficient (Wildman–Crippen LogP) is 6.15. The topological polar surface area (TPSA) is 73.6 Å². The number of hydrogen-bond donors (Lipinski definition) is 1. The van der Waals surface area contributed by atoms with Crippen LogP contribution in [-0.4, -0.2) is 32.1 Å². The molecule has 39 heavy (non-hydrogen) atoms. The lowest BCUT2D eigenvalue weighted by Crippen LogP contribution is -2.38. The molecule has 8 nitrogen and oxygen atoms in total. The van der Waals surface area contributed by atoms with Gasteiger partial charge in [-0.25, -0.2) is 9.48 Å². The molecule has 2 aliphatic heterocycles. The summed E-state index contributed by atoms with van der Waals surface area (Å²) in [4.78, 5) is 16.0. The molecule has 2 aliphatic rings. The van der Waals surface area contributed by atoms with E-state index in [9.17, 15) is 4.79 Å². The zero-order valence-corrected chi connectivity index (χ0v) is 21.7. The summed E-state index contributed by atoms with van der Waals surface area (Å²) in [5.74, 6) is 2.23. The molecule has 0 spiro atoms. The molecule has 0 saturated carbocycles. The van der Waals surface area contributed by atoms with Gasteiger partial charge in [-0.15, -0.1) is 0 Å². The molecule has 1 atom stereocenters. The summed E-state index contributed by atoms with van der Waals surface area (Å²) in [6.45, 7) is 4.63. The first-order chi connectivity index (χ1) is 19.1. The van der Waals surface area contributed by atoms with Crippen LogP contribution < -0.4 is 14.8 Å². The number of anilines is 1. The third-order valence-corrected chi connectivity index (χ3v) is 7.36. The highest BCUT2D eigenvalue weighted by Gasteiger charge is 2.36. The summed E-state index contributed by atoms with van der Waals surface area (Å²) in [6, 6.07) is 27.5. The molecule has 4 heterocycles. The number of benzene rings is 3. The molecule has 7 rings (SSSR count). The number of nitrogens with zero attached hydrogens (tertiary/aromatic N) is 4. The third kappa shape index (κ3) is 3.92. The minimum atomic E-state index is -0.328. The lowest BCUT2D eigenvalue weighted by Gasteiger charge is -2.31. The van der Waals surface area contributed by atoms with E-state index in [2.05, 4.69) is 53.3 Å². The zero-order chi connectivity index (χ0) is 26.5. The van der Waals surface area contributed by atoms with Crippen LogP contribution in [-0.2, 0) is 6.54 Å². The van der Waals surface area contributed by atoms with Crippen molar-refractivity contribution in [2.24, 2.45) is 0 Å².